The topological polar surface area (TPSA) is 35.0 Å². The van der Waals surface area contributed by atoms with Crippen LogP contribution in [0.4, 0.5) is 0 Å². The predicted octanol–water partition coefficient (Wildman–Crippen LogP) is 9.81. The molecule has 0 aromatic rings. The lowest BCUT2D eigenvalue weighted by atomic mass is 9.82. The standard InChI is InChI=1S/C23H48.BrH.H3N/c1-5-7-9-11-13-15-17-19-21-23(3,4)22-20-18-16-14-12-10-8-6-2;;/h5-22H2,1-4H3;1H;1H3. The Kier molecular flexibility index (Phi) is 27.1. The maximum atomic E-state index is 2.50. The monoisotopic (exact) mass is 421 g/mol. The van der Waals surface area contributed by atoms with E-state index in [4.69, 9.17) is 0 Å². The molecule has 0 heterocycles. The highest BCUT2D eigenvalue weighted by Crippen LogP contribution is 2.30. The highest BCUT2D eigenvalue weighted by molar-refractivity contribution is 8.93. The largest absolute Gasteiger partial charge is 0.344 e. The molecule has 0 fully saturated rings. The van der Waals surface area contributed by atoms with Crippen molar-refractivity contribution in [2.45, 2.75) is 143 Å². The molecule has 0 aromatic heterocycles. The van der Waals surface area contributed by atoms with Gasteiger partial charge in [-0.15, -0.1) is 17.0 Å². The van der Waals surface area contributed by atoms with Crippen molar-refractivity contribution in [1.82, 2.24) is 6.15 Å². The van der Waals surface area contributed by atoms with E-state index in [1.165, 1.54) is 116 Å². The second-order valence-corrected chi connectivity index (χ2v) is 8.61. The average molecular weight is 423 g/mol. The molecule has 0 aliphatic rings. The second-order valence-electron chi connectivity index (χ2n) is 8.61. The zero-order valence-electron chi connectivity index (χ0n) is 18.3. The summed E-state index contributed by atoms with van der Waals surface area (Å²) in [6.45, 7) is 9.59. The highest BCUT2D eigenvalue weighted by atomic mass is 79.9. The summed E-state index contributed by atoms with van der Waals surface area (Å²) in [4.78, 5) is 0. The number of hydrogen-bond acceptors (Lipinski definition) is 1. The Morgan fingerprint density at radius 1 is 0.440 bits per heavy atom. The third-order valence-corrected chi connectivity index (χ3v) is 5.41. The molecule has 0 aromatic carbocycles. The van der Waals surface area contributed by atoms with Crippen LogP contribution in [0.5, 0.6) is 0 Å². The summed E-state index contributed by atoms with van der Waals surface area (Å²) < 4.78 is 0. The molecular weight excluding hydrogens is 370 g/mol. The Morgan fingerprint density at radius 3 is 0.960 bits per heavy atom. The van der Waals surface area contributed by atoms with Crippen LogP contribution < -0.4 is 6.15 Å². The highest BCUT2D eigenvalue weighted by Gasteiger charge is 2.16. The lowest BCUT2D eigenvalue weighted by Crippen LogP contribution is -2.11. The fraction of sp³-hybridized carbons (Fsp3) is 1.00. The SMILES string of the molecule is Br.CCCCCCCCCCC(C)(C)CCCCCCCCCC.N. The van der Waals surface area contributed by atoms with Gasteiger partial charge in [-0.1, -0.05) is 130 Å². The van der Waals surface area contributed by atoms with Crippen molar-refractivity contribution in [3.8, 4) is 0 Å². The minimum Gasteiger partial charge on any atom is -0.344 e. The van der Waals surface area contributed by atoms with Gasteiger partial charge in [0, 0.05) is 0 Å². The molecule has 0 saturated carbocycles. The number of halogens is 1. The third-order valence-electron chi connectivity index (χ3n) is 5.41. The van der Waals surface area contributed by atoms with Gasteiger partial charge in [0.05, 0.1) is 0 Å². The molecule has 0 bridgehead atoms. The quantitative estimate of drug-likeness (QED) is 0.219. The van der Waals surface area contributed by atoms with E-state index in [-0.39, 0.29) is 23.1 Å². The Balaban J connectivity index is -0.00000242. The van der Waals surface area contributed by atoms with E-state index in [0.29, 0.717) is 5.41 Å². The van der Waals surface area contributed by atoms with Crippen LogP contribution in [0.3, 0.4) is 0 Å². The maximum absolute atomic E-state index is 2.50. The van der Waals surface area contributed by atoms with Crippen molar-refractivity contribution in [2.75, 3.05) is 0 Å². The van der Waals surface area contributed by atoms with Crippen LogP contribution in [0, 0.1) is 5.41 Å². The molecule has 1 nitrogen and oxygen atoms in total. The third kappa shape index (κ3) is 24.4. The van der Waals surface area contributed by atoms with Crippen LogP contribution in [0.15, 0.2) is 0 Å². The van der Waals surface area contributed by atoms with Crippen molar-refractivity contribution in [3.05, 3.63) is 0 Å². The van der Waals surface area contributed by atoms with E-state index < -0.39 is 0 Å². The lowest BCUT2D eigenvalue weighted by molar-refractivity contribution is 0.282. The van der Waals surface area contributed by atoms with Crippen LogP contribution in [-0.2, 0) is 0 Å². The van der Waals surface area contributed by atoms with Crippen molar-refractivity contribution in [3.63, 3.8) is 0 Å². The van der Waals surface area contributed by atoms with Gasteiger partial charge in [0.2, 0.25) is 0 Å². The molecule has 0 aliphatic carbocycles. The molecule has 3 N–H and O–H groups in total. The van der Waals surface area contributed by atoms with Crippen LogP contribution in [0.25, 0.3) is 0 Å². The van der Waals surface area contributed by atoms with E-state index in [1.54, 1.807) is 0 Å². The first-order chi connectivity index (χ1) is 11.1. The second kappa shape index (κ2) is 22.5. The average Bonchev–Trinajstić information content (AvgIpc) is 2.52. The number of unbranched alkanes of at least 4 members (excludes halogenated alkanes) is 14. The first-order valence-electron chi connectivity index (χ1n) is 11.1. The molecular formula is C23H52BrN. The molecule has 0 radical (unpaired) electrons. The minimum absolute atomic E-state index is 0. The summed E-state index contributed by atoms with van der Waals surface area (Å²) in [6.07, 6.45) is 26.1. The Labute approximate surface area is 171 Å². The molecule has 2 heteroatoms. The van der Waals surface area contributed by atoms with Crippen LogP contribution in [0.2, 0.25) is 0 Å². The summed E-state index contributed by atoms with van der Waals surface area (Å²) in [5.74, 6) is 0. The van der Waals surface area contributed by atoms with E-state index in [1.807, 2.05) is 0 Å². The zero-order valence-corrected chi connectivity index (χ0v) is 20.1. The summed E-state index contributed by atoms with van der Waals surface area (Å²) >= 11 is 0. The van der Waals surface area contributed by atoms with Crippen molar-refractivity contribution < 1.29 is 0 Å². The molecule has 0 spiro atoms. The molecule has 25 heavy (non-hydrogen) atoms. The van der Waals surface area contributed by atoms with Crippen LogP contribution >= 0.6 is 17.0 Å². The van der Waals surface area contributed by atoms with Gasteiger partial charge in [-0.25, -0.2) is 0 Å². The first-order valence-corrected chi connectivity index (χ1v) is 11.1. The maximum Gasteiger partial charge on any atom is -0.0354 e. The molecule has 0 amide bonds. The summed E-state index contributed by atoms with van der Waals surface area (Å²) in [5, 5.41) is 0. The molecule has 156 valence electrons. The van der Waals surface area contributed by atoms with Crippen LogP contribution in [-0.4, -0.2) is 0 Å². The fourth-order valence-corrected chi connectivity index (χ4v) is 3.60. The summed E-state index contributed by atoms with van der Waals surface area (Å²) in [7, 11) is 0. The zero-order chi connectivity index (χ0) is 17.2. The van der Waals surface area contributed by atoms with Gasteiger partial charge in [-0.05, 0) is 18.3 Å². The smallest absolute Gasteiger partial charge is 0.0354 e. The van der Waals surface area contributed by atoms with Crippen molar-refractivity contribution in [2.24, 2.45) is 5.41 Å². The Morgan fingerprint density at radius 2 is 0.680 bits per heavy atom. The van der Waals surface area contributed by atoms with Crippen LogP contribution in [0.1, 0.15) is 143 Å². The van der Waals surface area contributed by atoms with Gasteiger partial charge in [-0.2, -0.15) is 0 Å². The van der Waals surface area contributed by atoms with Crippen molar-refractivity contribution >= 4 is 17.0 Å². The fourth-order valence-electron chi connectivity index (χ4n) is 3.60. The summed E-state index contributed by atoms with van der Waals surface area (Å²) in [6, 6.07) is 0. The van der Waals surface area contributed by atoms with Gasteiger partial charge >= 0.3 is 0 Å². The van der Waals surface area contributed by atoms with Gasteiger partial charge in [0.15, 0.2) is 0 Å². The van der Waals surface area contributed by atoms with Gasteiger partial charge < -0.3 is 6.15 Å². The molecule has 0 saturated heterocycles. The van der Waals surface area contributed by atoms with Gasteiger partial charge in [0.25, 0.3) is 0 Å². The predicted molar refractivity (Wildman–Crippen MR) is 124 cm³/mol. The number of hydrogen-bond donors (Lipinski definition) is 1. The Bertz CT molecular complexity index is 206. The van der Waals surface area contributed by atoms with E-state index in [0.717, 1.165) is 0 Å². The molecule has 0 atom stereocenters. The first kappa shape index (κ1) is 30.2. The number of rotatable bonds is 18. The van der Waals surface area contributed by atoms with Gasteiger partial charge in [-0.3, -0.25) is 0 Å². The molecule has 0 rings (SSSR count). The van der Waals surface area contributed by atoms with Gasteiger partial charge in [0.1, 0.15) is 0 Å². The normalized spacial score (nSPS) is 11.0. The lowest BCUT2D eigenvalue weighted by Gasteiger charge is -2.24. The van der Waals surface area contributed by atoms with E-state index in [9.17, 15) is 0 Å². The Hall–Kier alpha value is 0.440. The van der Waals surface area contributed by atoms with E-state index >= 15 is 0 Å². The van der Waals surface area contributed by atoms with E-state index in [2.05, 4.69) is 27.7 Å². The summed E-state index contributed by atoms with van der Waals surface area (Å²) in [5.41, 5.74) is 0.588. The minimum atomic E-state index is 0. The van der Waals surface area contributed by atoms with Crippen molar-refractivity contribution in [1.29, 1.82) is 0 Å². The molecule has 0 unspecified atom stereocenters. The molecule has 0 aliphatic heterocycles.